The van der Waals surface area contributed by atoms with Crippen LogP contribution in [0.25, 0.3) is 0 Å². The molecule has 0 saturated heterocycles. The van der Waals surface area contributed by atoms with E-state index < -0.39 is 0 Å². The lowest BCUT2D eigenvalue weighted by Crippen LogP contribution is -2.20. The standard InChI is InChI=1S/C12H16N4O/c1-8(2)4-10-6-12(17)16(15-10)11-5-9(3)13-7-14-11/h5,7-8H,4,6H2,1-3H3. The van der Waals surface area contributed by atoms with Gasteiger partial charge in [0, 0.05) is 17.5 Å². The molecule has 5 nitrogen and oxygen atoms in total. The summed E-state index contributed by atoms with van der Waals surface area (Å²) in [7, 11) is 0. The molecule has 0 aromatic carbocycles. The summed E-state index contributed by atoms with van der Waals surface area (Å²) >= 11 is 0. The second kappa shape index (κ2) is 4.61. The average Bonchev–Trinajstić information content (AvgIpc) is 2.58. The molecule has 2 heterocycles. The fraction of sp³-hybridized carbons (Fsp3) is 0.500. The van der Waals surface area contributed by atoms with Crippen molar-refractivity contribution < 1.29 is 4.79 Å². The third-order valence-electron chi connectivity index (χ3n) is 2.48. The number of rotatable bonds is 3. The third-order valence-corrected chi connectivity index (χ3v) is 2.48. The van der Waals surface area contributed by atoms with E-state index in [1.54, 1.807) is 6.07 Å². The Bertz CT molecular complexity index is 467. The quantitative estimate of drug-likeness (QED) is 0.800. The van der Waals surface area contributed by atoms with Crippen LogP contribution in [0, 0.1) is 12.8 Å². The van der Waals surface area contributed by atoms with Gasteiger partial charge >= 0.3 is 0 Å². The molecule has 1 aliphatic rings. The van der Waals surface area contributed by atoms with Gasteiger partial charge in [-0.15, -0.1) is 0 Å². The van der Waals surface area contributed by atoms with E-state index >= 15 is 0 Å². The predicted molar refractivity (Wildman–Crippen MR) is 65.8 cm³/mol. The van der Waals surface area contributed by atoms with Crippen LogP contribution in [-0.2, 0) is 4.79 Å². The van der Waals surface area contributed by atoms with E-state index in [9.17, 15) is 4.79 Å². The summed E-state index contributed by atoms with van der Waals surface area (Å²) in [6, 6.07) is 1.76. The Kier molecular flexibility index (Phi) is 3.17. The van der Waals surface area contributed by atoms with Gasteiger partial charge in [0.2, 0.25) is 0 Å². The summed E-state index contributed by atoms with van der Waals surface area (Å²) in [5.41, 5.74) is 1.76. The molecule has 1 amide bonds. The number of carbonyl (C=O) groups is 1. The number of hydrazone groups is 1. The van der Waals surface area contributed by atoms with Gasteiger partial charge in [-0.3, -0.25) is 4.79 Å². The van der Waals surface area contributed by atoms with Crippen molar-refractivity contribution in [2.24, 2.45) is 11.0 Å². The molecule has 1 aromatic rings. The maximum Gasteiger partial charge on any atom is 0.254 e. The monoisotopic (exact) mass is 232 g/mol. The minimum atomic E-state index is -0.0150. The van der Waals surface area contributed by atoms with Crippen molar-refractivity contribution >= 4 is 17.4 Å². The van der Waals surface area contributed by atoms with Gasteiger partial charge in [-0.25, -0.2) is 9.97 Å². The first kappa shape index (κ1) is 11.7. The molecule has 0 saturated carbocycles. The van der Waals surface area contributed by atoms with Crippen molar-refractivity contribution in [3.63, 3.8) is 0 Å². The van der Waals surface area contributed by atoms with Crippen LogP contribution in [0.2, 0.25) is 0 Å². The van der Waals surface area contributed by atoms with E-state index in [-0.39, 0.29) is 5.91 Å². The highest BCUT2D eigenvalue weighted by Gasteiger charge is 2.26. The van der Waals surface area contributed by atoms with E-state index in [0.29, 0.717) is 18.2 Å². The Hall–Kier alpha value is -1.78. The molecular formula is C12H16N4O. The fourth-order valence-corrected chi connectivity index (χ4v) is 1.80. The maximum atomic E-state index is 11.8. The average molecular weight is 232 g/mol. The number of anilines is 1. The zero-order valence-corrected chi connectivity index (χ0v) is 10.3. The first-order valence-electron chi connectivity index (χ1n) is 5.74. The molecule has 0 aliphatic carbocycles. The van der Waals surface area contributed by atoms with E-state index in [0.717, 1.165) is 17.8 Å². The zero-order chi connectivity index (χ0) is 12.4. The van der Waals surface area contributed by atoms with Crippen LogP contribution in [0.5, 0.6) is 0 Å². The minimum absolute atomic E-state index is 0.0150. The summed E-state index contributed by atoms with van der Waals surface area (Å²) < 4.78 is 0. The van der Waals surface area contributed by atoms with Gasteiger partial charge in [0.15, 0.2) is 5.82 Å². The van der Waals surface area contributed by atoms with Crippen LogP contribution in [-0.4, -0.2) is 21.6 Å². The number of hydrogen-bond acceptors (Lipinski definition) is 4. The van der Waals surface area contributed by atoms with Crippen molar-refractivity contribution in [2.45, 2.75) is 33.6 Å². The number of hydrogen-bond donors (Lipinski definition) is 0. The van der Waals surface area contributed by atoms with Gasteiger partial charge in [0.05, 0.1) is 6.42 Å². The summed E-state index contributed by atoms with van der Waals surface area (Å²) in [6.07, 6.45) is 2.71. The fourth-order valence-electron chi connectivity index (χ4n) is 1.80. The van der Waals surface area contributed by atoms with Crippen LogP contribution in [0.15, 0.2) is 17.5 Å². The Morgan fingerprint density at radius 1 is 1.41 bits per heavy atom. The number of aromatic nitrogens is 2. The smallest absolute Gasteiger partial charge is 0.254 e. The van der Waals surface area contributed by atoms with Crippen molar-refractivity contribution in [1.82, 2.24) is 9.97 Å². The molecule has 1 aromatic heterocycles. The lowest BCUT2D eigenvalue weighted by molar-refractivity contribution is -0.116. The van der Waals surface area contributed by atoms with Crippen molar-refractivity contribution in [3.8, 4) is 0 Å². The first-order valence-corrected chi connectivity index (χ1v) is 5.74. The second-order valence-electron chi connectivity index (χ2n) is 4.66. The predicted octanol–water partition coefficient (Wildman–Crippen LogP) is 1.92. The van der Waals surface area contributed by atoms with E-state index in [4.69, 9.17) is 0 Å². The van der Waals surface area contributed by atoms with E-state index in [2.05, 4.69) is 28.9 Å². The van der Waals surface area contributed by atoms with Crippen LogP contribution < -0.4 is 5.01 Å². The van der Waals surface area contributed by atoms with Crippen LogP contribution in [0.4, 0.5) is 5.82 Å². The Morgan fingerprint density at radius 3 is 2.82 bits per heavy atom. The van der Waals surface area contributed by atoms with Crippen molar-refractivity contribution in [3.05, 3.63) is 18.1 Å². The normalized spacial score (nSPS) is 15.6. The van der Waals surface area contributed by atoms with Crippen LogP contribution >= 0.6 is 0 Å². The number of amides is 1. The SMILES string of the molecule is Cc1cc(N2N=C(CC(C)C)CC2=O)ncn1. The first-order chi connectivity index (χ1) is 8.06. The molecule has 1 aliphatic heterocycles. The van der Waals surface area contributed by atoms with Crippen molar-refractivity contribution in [1.29, 1.82) is 0 Å². The molecule has 2 rings (SSSR count). The molecule has 0 unspecified atom stereocenters. The molecular weight excluding hydrogens is 216 g/mol. The van der Waals surface area contributed by atoms with Crippen LogP contribution in [0.1, 0.15) is 32.4 Å². The highest BCUT2D eigenvalue weighted by atomic mass is 16.2. The molecule has 0 atom stereocenters. The van der Waals surface area contributed by atoms with Gasteiger partial charge in [0.1, 0.15) is 6.33 Å². The van der Waals surface area contributed by atoms with Gasteiger partial charge in [-0.1, -0.05) is 13.8 Å². The Morgan fingerprint density at radius 2 is 2.18 bits per heavy atom. The summed E-state index contributed by atoms with van der Waals surface area (Å²) in [4.78, 5) is 19.9. The highest BCUT2D eigenvalue weighted by molar-refractivity contribution is 6.12. The van der Waals surface area contributed by atoms with Gasteiger partial charge < -0.3 is 0 Å². The third kappa shape index (κ3) is 2.67. The lowest BCUT2D eigenvalue weighted by Gasteiger charge is -2.09. The summed E-state index contributed by atoms with van der Waals surface area (Å²) in [5.74, 6) is 1.05. The molecule has 0 bridgehead atoms. The molecule has 17 heavy (non-hydrogen) atoms. The van der Waals surface area contributed by atoms with Crippen LogP contribution in [0.3, 0.4) is 0 Å². The molecule has 5 heteroatoms. The Balaban J connectivity index is 2.21. The second-order valence-corrected chi connectivity index (χ2v) is 4.66. The summed E-state index contributed by atoms with van der Waals surface area (Å²) in [6.45, 7) is 6.10. The number of aryl methyl sites for hydroxylation is 1. The molecule has 90 valence electrons. The topological polar surface area (TPSA) is 58.5 Å². The maximum absolute atomic E-state index is 11.8. The van der Waals surface area contributed by atoms with Gasteiger partial charge in [-0.05, 0) is 19.3 Å². The minimum Gasteiger partial charge on any atom is -0.272 e. The number of nitrogens with zero attached hydrogens (tertiary/aromatic N) is 4. The number of carbonyl (C=O) groups excluding carboxylic acids is 1. The van der Waals surface area contributed by atoms with E-state index in [1.165, 1.54) is 11.3 Å². The highest BCUT2D eigenvalue weighted by Crippen LogP contribution is 2.20. The van der Waals surface area contributed by atoms with E-state index in [1.807, 2.05) is 6.92 Å². The molecule has 0 radical (unpaired) electrons. The Labute approximate surface area is 101 Å². The molecule has 0 N–H and O–H groups in total. The lowest BCUT2D eigenvalue weighted by atomic mass is 10.1. The zero-order valence-electron chi connectivity index (χ0n) is 10.3. The van der Waals surface area contributed by atoms with Gasteiger partial charge in [-0.2, -0.15) is 10.1 Å². The molecule has 0 fully saturated rings. The van der Waals surface area contributed by atoms with Gasteiger partial charge in [0.25, 0.3) is 5.91 Å². The largest absolute Gasteiger partial charge is 0.272 e. The summed E-state index contributed by atoms with van der Waals surface area (Å²) in [5, 5.41) is 5.71. The van der Waals surface area contributed by atoms with Crippen molar-refractivity contribution in [2.75, 3.05) is 5.01 Å². The molecule has 0 spiro atoms.